The van der Waals surface area contributed by atoms with Crippen molar-refractivity contribution in [2.24, 2.45) is 16.8 Å². The molecule has 0 saturated carbocycles. The lowest BCUT2D eigenvalue weighted by Crippen LogP contribution is -2.44. The smallest absolute Gasteiger partial charge is 0.191 e. The molecule has 1 aromatic heterocycles. The number of aliphatic imine (C=N–C) groups is 1. The number of piperidine rings is 1. The lowest BCUT2D eigenvalue weighted by atomic mass is 9.98. The van der Waals surface area contributed by atoms with Gasteiger partial charge in [-0.25, -0.2) is 0 Å². The van der Waals surface area contributed by atoms with Crippen molar-refractivity contribution in [1.29, 1.82) is 0 Å². The van der Waals surface area contributed by atoms with E-state index in [0.29, 0.717) is 11.8 Å². The Labute approximate surface area is 163 Å². The molecule has 2 N–H and O–H groups in total. The summed E-state index contributed by atoms with van der Waals surface area (Å²) in [7, 11) is 1.83. The molecule has 1 aliphatic heterocycles. The summed E-state index contributed by atoms with van der Waals surface area (Å²) in [6.45, 7) is 11.3. The second-order valence-corrected chi connectivity index (χ2v) is 8.53. The van der Waals surface area contributed by atoms with Gasteiger partial charge in [-0.3, -0.25) is 9.89 Å². The SMILES string of the molecule is CN=C(NCCOCCC(C)C)NCC1CCCN(Cc2cccs2)C1. The van der Waals surface area contributed by atoms with Crippen LogP contribution >= 0.6 is 11.3 Å². The van der Waals surface area contributed by atoms with Crippen molar-refractivity contribution in [3.05, 3.63) is 22.4 Å². The second kappa shape index (κ2) is 12.3. The van der Waals surface area contributed by atoms with Gasteiger partial charge in [0, 0.05) is 44.7 Å². The zero-order chi connectivity index (χ0) is 18.6. The minimum atomic E-state index is 0.685. The van der Waals surface area contributed by atoms with Crippen LogP contribution in [0.2, 0.25) is 0 Å². The summed E-state index contributed by atoms with van der Waals surface area (Å²) in [5.41, 5.74) is 0. The summed E-state index contributed by atoms with van der Waals surface area (Å²) in [6, 6.07) is 4.38. The van der Waals surface area contributed by atoms with Gasteiger partial charge in [-0.1, -0.05) is 19.9 Å². The molecule has 0 radical (unpaired) electrons. The second-order valence-electron chi connectivity index (χ2n) is 7.50. The number of ether oxygens (including phenoxy) is 1. The van der Waals surface area contributed by atoms with Crippen LogP contribution in [-0.2, 0) is 11.3 Å². The maximum atomic E-state index is 5.65. The predicted molar refractivity (Wildman–Crippen MR) is 112 cm³/mol. The molecule has 2 rings (SSSR count). The van der Waals surface area contributed by atoms with Crippen LogP contribution in [-0.4, -0.2) is 57.3 Å². The fourth-order valence-corrected chi connectivity index (χ4v) is 3.95. The maximum Gasteiger partial charge on any atom is 0.191 e. The van der Waals surface area contributed by atoms with Gasteiger partial charge >= 0.3 is 0 Å². The van der Waals surface area contributed by atoms with E-state index in [2.05, 4.69) is 51.9 Å². The highest BCUT2D eigenvalue weighted by atomic mass is 32.1. The first kappa shape index (κ1) is 21.2. The summed E-state index contributed by atoms with van der Waals surface area (Å²) < 4.78 is 5.65. The van der Waals surface area contributed by atoms with Crippen molar-refractivity contribution in [1.82, 2.24) is 15.5 Å². The summed E-state index contributed by atoms with van der Waals surface area (Å²) in [5, 5.41) is 9.00. The minimum absolute atomic E-state index is 0.685. The molecule has 1 saturated heterocycles. The molecule has 0 spiro atoms. The molecular weight excluding hydrogens is 344 g/mol. The zero-order valence-electron chi connectivity index (χ0n) is 16.7. The molecule has 148 valence electrons. The average Bonchev–Trinajstić information content (AvgIpc) is 3.13. The minimum Gasteiger partial charge on any atom is -0.380 e. The molecule has 0 bridgehead atoms. The lowest BCUT2D eigenvalue weighted by molar-refractivity contribution is 0.128. The number of guanidine groups is 1. The van der Waals surface area contributed by atoms with Gasteiger partial charge in [0.05, 0.1) is 6.61 Å². The number of thiophene rings is 1. The van der Waals surface area contributed by atoms with Crippen LogP contribution in [0.5, 0.6) is 0 Å². The van der Waals surface area contributed by atoms with Crippen LogP contribution in [0, 0.1) is 11.8 Å². The number of hydrogen-bond donors (Lipinski definition) is 2. The zero-order valence-corrected chi connectivity index (χ0v) is 17.5. The Morgan fingerprint density at radius 3 is 3.00 bits per heavy atom. The number of likely N-dealkylation sites (tertiary alicyclic amines) is 1. The van der Waals surface area contributed by atoms with E-state index >= 15 is 0 Å². The molecule has 2 heterocycles. The van der Waals surface area contributed by atoms with Gasteiger partial charge in [0.15, 0.2) is 5.96 Å². The van der Waals surface area contributed by atoms with E-state index < -0.39 is 0 Å². The van der Waals surface area contributed by atoms with Gasteiger partial charge in [-0.2, -0.15) is 0 Å². The van der Waals surface area contributed by atoms with E-state index in [1.165, 1.54) is 30.8 Å². The first-order valence-corrected chi connectivity index (χ1v) is 10.8. The molecule has 0 aromatic carbocycles. The molecule has 0 amide bonds. The maximum absolute atomic E-state index is 5.65. The topological polar surface area (TPSA) is 48.9 Å². The molecule has 1 fully saturated rings. The molecule has 26 heavy (non-hydrogen) atoms. The van der Waals surface area contributed by atoms with Crippen LogP contribution in [0.25, 0.3) is 0 Å². The van der Waals surface area contributed by atoms with Crippen molar-refractivity contribution in [2.45, 2.75) is 39.7 Å². The third-order valence-electron chi connectivity index (χ3n) is 4.72. The molecule has 1 aliphatic rings. The molecule has 1 aromatic rings. The van der Waals surface area contributed by atoms with Crippen LogP contribution in [0.15, 0.2) is 22.5 Å². The standard InChI is InChI=1S/C20H36N4OS/c1-17(2)8-11-25-12-9-22-20(21-3)23-14-18-6-4-10-24(15-18)16-19-7-5-13-26-19/h5,7,13,17-18H,4,6,8-12,14-16H2,1-3H3,(H2,21,22,23). The Kier molecular flexibility index (Phi) is 10.0. The highest BCUT2D eigenvalue weighted by Gasteiger charge is 2.20. The summed E-state index contributed by atoms with van der Waals surface area (Å²) in [4.78, 5) is 8.38. The number of nitrogens with zero attached hydrogens (tertiary/aromatic N) is 2. The Morgan fingerprint density at radius 2 is 2.27 bits per heavy atom. The Bertz CT molecular complexity index is 504. The molecule has 0 aliphatic carbocycles. The van der Waals surface area contributed by atoms with Crippen molar-refractivity contribution in [3.8, 4) is 0 Å². The summed E-state index contributed by atoms with van der Waals surface area (Å²) in [6.07, 6.45) is 3.70. The third kappa shape index (κ3) is 8.52. The van der Waals surface area contributed by atoms with Gasteiger partial charge < -0.3 is 15.4 Å². The van der Waals surface area contributed by atoms with Crippen LogP contribution in [0.4, 0.5) is 0 Å². The predicted octanol–water partition coefficient (Wildman–Crippen LogP) is 3.19. The fourth-order valence-electron chi connectivity index (χ4n) is 3.21. The highest BCUT2D eigenvalue weighted by Crippen LogP contribution is 2.19. The largest absolute Gasteiger partial charge is 0.380 e. The van der Waals surface area contributed by atoms with Crippen LogP contribution < -0.4 is 10.6 Å². The number of rotatable bonds is 10. The van der Waals surface area contributed by atoms with Crippen molar-refractivity contribution in [2.75, 3.05) is 46.4 Å². The first-order chi connectivity index (χ1) is 12.7. The Morgan fingerprint density at radius 1 is 1.38 bits per heavy atom. The van der Waals surface area contributed by atoms with Gasteiger partial charge in [-0.05, 0) is 49.1 Å². The van der Waals surface area contributed by atoms with E-state index in [1.54, 1.807) is 0 Å². The Balaban J connectivity index is 1.59. The third-order valence-corrected chi connectivity index (χ3v) is 5.58. The van der Waals surface area contributed by atoms with Crippen molar-refractivity contribution >= 4 is 17.3 Å². The van der Waals surface area contributed by atoms with Crippen LogP contribution in [0.3, 0.4) is 0 Å². The first-order valence-electron chi connectivity index (χ1n) is 9.94. The number of hydrogen-bond acceptors (Lipinski definition) is 4. The van der Waals surface area contributed by atoms with E-state index in [0.717, 1.165) is 45.2 Å². The van der Waals surface area contributed by atoms with Gasteiger partial charge in [0.25, 0.3) is 0 Å². The monoisotopic (exact) mass is 380 g/mol. The van der Waals surface area contributed by atoms with E-state index in [4.69, 9.17) is 4.74 Å². The van der Waals surface area contributed by atoms with Gasteiger partial charge in [-0.15, -0.1) is 11.3 Å². The van der Waals surface area contributed by atoms with E-state index in [-0.39, 0.29) is 0 Å². The molecular formula is C20H36N4OS. The quantitative estimate of drug-likeness (QED) is 0.372. The van der Waals surface area contributed by atoms with E-state index in [9.17, 15) is 0 Å². The summed E-state index contributed by atoms with van der Waals surface area (Å²) >= 11 is 1.86. The molecule has 1 atom stereocenters. The molecule has 1 unspecified atom stereocenters. The fraction of sp³-hybridized carbons (Fsp3) is 0.750. The number of nitrogens with one attached hydrogen (secondary N) is 2. The van der Waals surface area contributed by atoms with Crippen molar-refractivity contribution < 1.29 is 4.74 Å². The van der Waals surface area contributed by atoms with Crippen molar-refractivity contribution in [3.63, 3.8) is 0 Å². The highest BCUT2D eigenvalue weighted by molar-refractivity contribution is 7.09. The molecule has 5 nitrogen and oxygen atoms in total. The summed E-state index contributed by atoms with van der Waals surface area (Å²) in [5.74, 6) is 2.27. The normalized spacial score (nSPS) is 19.1. The van der Waals surface area contributed by atoms with Gasteiger partial charge in [0.1, 0.15) is 0 Å². The van der Waals surface area contributed by atoms with E-state index in [1.807, 2.05) is 18.4 Å². The lowest BCUT2D eigenvalue weighted by Gasteiger charge is -2.32. The molecule has 6 heteroatoms. The van der Waals surface area contributed by atoms with Gasteiger partial charge in [0.2, 0.25) is 0 Å². The average molecular weight is 381 g/mol. The Hall–Kier alpha value is -1.11. The van der Waals surface area contributed by atoms with Crippen LogP contribution in [0.1, 0.15) is 38.0 Å².